The number of aliphatic carboxylic acids is 1. The number of esters is 1. The van der Waals surface area contributed by atoms with Crippen molar-refractivity contribution in [1.29, 1.82) is 0 Å². The molecule has 2 heterocycles. The van der Waals surface area contributed by atoms with Crippen LogP contribution in [-0.2, 0) is 20.7 Å². The molecule has 8 rings (SSSR count). The van der Waals surface area contributed by atoms with Crippen molar-refractivity contribution < 1.29 is 57.6 Å². The summed E-state index contributed by atoms with van der Waals surface area (Å²) in [6, 6.07) is 43.1. The van der Waals surface area contributed by atoms with Gasteiger partial charge < -0.3 is 38.6 Å². The Morgan fingerprint density at radius 1 is 0.584 bits per heavy atom. The van der Waals surface area contributed by atoms with E-state index in [-0.39, 0.29) is 49.6 Å². The molecule has 4 unspecified atom stereocenters. The molecule has 2 aliphatic rings. The normalized spacial score (nSPS) is 17.3. The standard InChI is InChI=1S/C61H62N2O12S2/c1-38-29-40(30-39(2)55(38)75-60(3,4)56(66)67)31-44-33-62(58(69)72-45-16-10-8-11-17-45)35-51(44)53(64)41-23-27-49(28-24-41)77-37-71-57(68)61(5,6)74-47-20-14-15-43(32-47)50-34-63(59(70)73-46-18-12-9-13-19-46)36-52(50)54(65)42-21-25-48(76-7)26-22-42/h8-30,32,44,50-52H,31,33-37H2,1-7H3,(H,66,67). The Bertz CT molecular complexity index is 3090. The van der Waals surface area contributed by atoms with E-state index in [1.54, 1.807) is 126 Å². The average Bonchev–Trinajstić information content (AvgIpc) is 4.11. The fraction of sp³-hybridized carbons (Fsp3) is 0.311. The van der Waals surface area contributed by atoms with E-state index in [1.807, 2.05) is 74.7 Å². The molecule has 2 fully saturated rings. The number of Topliss-reactive ketones (excluding diaryl/α,β-unsaturated/α-hetero) is 2. The van der Waals surface area contributed by atoms with Crippen LogP contribution in [0.3, 0.4) is 0 Å². The summed E-state index contributed by atoms with van der Waals surface area (Å²) in [6.07, 6.45) is 1.32. The summed E-state index contributed by atoms with van der Waals surface area (Å²) < 4.78 is 29.3. The molecule has 6 aromatic carbocycles. The lowest BCUT2D eigenvalue weighted by Gasteiger charge is -2.25. The lowest BCUT2D eigenvalue weighted by molar-refractivity contribution is -0.157. The summed E-state index contributed by atoms with van der Waals surface area (Å²) in [5, 5.41) is 9.68. The first-order valence-electron chi connectivity index (χ1n) is 25.3. The molecule has 6 aromatic rings. The van der Waals surface area contributed by atoms with Gasteiger partial charge in [-0.1, -0.05) is 96.7 Å². The zero-order chi connectivity index (χ0) is 55.0. The predicted octanol–water partition coefficient (Wildman–Crippen LogP) is 12.0. The number of aryl methyl sites for hydroxylation is 2. The molecule has 0 spiro atoms. The topological polar surface area (TPSA) is 175 Å². The minimum absolute atomic E-state index is 0.0443. The van der Waals surface area contributed by atoms with Crippen molar-refractivity contribution in [3.05, 3.63) is 179 Å². The number of para-hydroxylation sites is 2. The van der Waals surface area contributed by atoms with Crippen molar-refractivity contribution in [3.63, 3.8) is 0 Å². The summed E-state index contributed by atoms with van der Waals surface area (Å²) in [4.78, 5) is 85.8. The van der Waals surface area contributed by atoms with Gasteiger partial charge in [0.25, 0.3) is 0 Å². The molecule has 0 bridgehead atoms. The predicted molar refractivity (Wildman–Crippen MR) is 295 cm³/mol. The third kappa shape index (κ3) is 13.7. The minimum atomic E-state index is -1.44. The molecule has 0 aliphatic carbocycles. The third-order valence-electron chi connectivity index (χ3n) is 13.8. The number of ketones is 2. The first-order valence-corrected chi connectivity index (χ1v) is 27.5. The molecule has 2 saturated heterocycles. The van der Waals surface area contributed by atoms with Gasteiger partial charge in [-0.15, -0.1) is 11.8 Å². The highest BCUT2D eigenvalue weighted by Gasteiger charge is 2.43. The Kier molecular flexibility index (Phi) is 17.5. The molecule has 0 aromatic heterocycles. The highest BCUT2D eigenvalue weighted by Crippen LogP contribution is 2.39. The Balaban J connectivity index is 0.903. The molecule has 16 heteroatoms. The average molecular weight is 1080 g/mol. The zero-order valence-corrected chi connectivity index (χ0v) is 45.7. The summed E-state index contributed by atoms with van der Waals surface area (Å²) in [5.41, 5.74) is 1.33. The van der Waals surface area contributed by atoms with Crippen molar-refractivity contribution in [2.75, 3.05) is 38.4 Å². The number of ether oxygens (including phenoxy) is 5. The van der Waals surface area contributed by atoms with Crippen LogP contribution in [0.4, 0.5) is 9.59 Å². The van der Waals surface area contributed by atoms with E-state index in [0.717, 1.165) is 32.0 Å². The van der Waals surface area contributed by atoms with Gasteiger partial charge in [-0.3, -0.25) is 9.59 Å². The van der Waals surface area contributed by atoms with Crippen LogP contribution in [0, 0.1) is 31.6 Å². The molecular formula is C61H62N2O12S2. The number of rotatable bonds is 19. The van der Waals surface area contributed by atoms with Crippen molar-refractivity contribution in [2.24, 2.45) is 17.8 Å². The SMILES string of the molecule is CSc1ccc(C(=O)C2CN(C(=O)Oc3ccccc3)CC2c2cccc(OC(C)(C)C(=O)OCSc3ccc(C(=O)C4CN(C(=O)Oc5ccccc5)CC4Cc4cc(C)c(OC(C)(C)C(=O)O)c(C)c4)cc3)c2)cc1. The van der Waals surface area contributed by atoms with Crippen LogP contribution in [0.15, 0.2) is 155 Å². The monoisotopic (exact) mass is 1080 g/mol. The highest BCUT2D eigenvalue weighted by atomic mass is 32.2. The Labute approximate surface area is 457 Å². The van der Waals surface area contributed by atoms with E-state index in [0.29, 0.717) is 40.5 Å². The second-order valence-corrected chi connectivity index (χ2v) is 22.2. The number of carbonyl (C=O) groups excluding carboxylic acids is 5. The second kappa shape index (κ2) is 24.2. The smallest absolute Gasteiger partial charge is 0.415 e. The molecule has 0 radical (unpaired) electrons. The summed E-state index contributed by atoms with van der Waals surface area (Å²) in [7, 11) is 0. The Morgan fingerprint density at radius 2 is 1.10 bits per heavy atom. The second-order valence-electron chi connectivity index (χ2n) is 20.3. The maximum absolute atomic E-state index is 14.4. The molecular weight excluding hydrogens is 1020 g/mol. The first kappa shape index (κ1) is 55.7. The number of carboxylic acid groups (broad SMARTS) is 1. The lowest BCUT2D eigenvalue weighted by atomic mass is 9.84. The summed E-state index contributed by atoms with van der Waals surface area (Å²) >= 11 is 2.85. The first-order chi connectivity index (χ1) is 36.8. The quantitative estimate of drug-likeness (QED) is 0.0351. The fourth-order valence-electron chi connectivity index (χ4n) is 9.68. The van der Waals surface area contributed by atoms with Crippen LogP contribution in [0.5, 0.6) is 23.0 Å². The number of carbonyl (C=O) groups is 6. The zero-order valence-electron chi connectivity index (χ0n) is 44.1. The maximum atomic E-state index is 14.4. The van der Waals surface area contributed by atoms with Gasteiger partial charge in [-0.05, 0) is 143 Å². The van der Waals surface area contributed by atoms with Gasteiger partial charge in [-0.2, -0.15) is 0 Å². The molecule has 4 atom stereocenters. The van der Waals surface area contributed by atoms with Crippen LogP contribution < -0.4 is 18.9 Å². The number of benzene rings is 6. The van der Waals surface area contributed by atoms with Gasteiger partial charge in [0.2, 0.25) is 0 Å². The van der Waals surface area contributed by atoms with Crippen molar-refractivity contribution in [1.82, 2.24) is 9.80 Å². The van der Waals surface area contributed by atoms with E-state index in [1.165, 1.54) is 25.6 Å². The van der Waals surface area contributed by atoms with Gasteiger partial charge >= 0.3 is 24.1 Å². The van der Waals surface area contributed by atoms with E-state index < -0.39 is 53.1 Å². The van der Waals surface area contributed by atoms with E-state index in [2.05, 4.69) is 0 Å². The number of hydrogen-bond donors (Lipinski definition) is 1. The lowest BCUT2D eigenvalue weighted by Crippen LogP contribution is -2.39. The number of likely N-dealkylation sites (tertiary alicyclic amines) is 2. The molecule has 2 aliphatic heterocycles. The highest BCUT2D eigenvalue weighted by molar-refractivity contribution is 7.99. The fourth-order valence-corrected chi connectivity index (χ4v) is 10.7. The number of hydrogen-bond acceptors (Lipinski definition) is 13. The van der Waals surface area contributed by atoms with Gasteiger partial charge in [0.15, 0.2) is 22.8 Å². The van der Waals surface area contributed by atoms with Gasteiger partial charge in [-0.25, -0.2) is 19.2 Å². The Hall–Kier alpha value is -7.56. The van der Waals surface area contributed by atoms with E-state index in [4.69, 9.17) is 23.7 Å². The molecule has 77 heavy (non-hydrogen) atoms. The molecule has 1 N–H and O–H groups in total. The van der Waals surface area contributed by atoms with Gasteiger partial charge in [0, 0.05) is 64.9 Å². The van der Waals surface area contributed by atoms with Crippen molar-refractivity contribution in [3.8, 4) is 23.0 Å². The van der Waals surface area contributed by atoms with Crippen LogP contribution >= 0.6 is 23.5 Å². The number of nitrogens with zero attached hydrogens (tertiary/aromatic N) is 2. The Morgan fingerprint density at radius 3 is 1.66 bits per heavy atom. The number of amides is 2. The minimum Gasteiger partial charge on any atom is -0.478 e. The van der Waals surface area contributed by atoms with Crippen LogP contribution in [-0.4, -0.2) is 100 Å². The largest absolute Gasteiger partial charge is 0.478 e. The van der Waals surface area contributed by atoms with Gasteiger partial charge in [0.05, 0.1) is 0 Å². The number of carboxylic acids is 1. The van der Waals surface area contributed by atoms with Crippen LogP contribution in [0.2, 0.25) is 0 Å². The maximum Gasteiger partial charge on any atom is 0.415 e. The summed E-state index contributed by atoms with van der Waals surface area (Å²) in [5.74, 6) is -2.13. The summed E-state index contributed by atoms with van der Waals surface area (Å²) in [6.45, 7) is 10.7. The van der Waals surface area contributed by atoms with Crippen LogP contribution in [0.1, 0.15) is 76.6 Å². The van der Waals surface area contributed by atoms with Gasteiger partial charge in [0.1, 0.15) is 28.9 Å². The van der Waals surface area contributed by atoms with E-state index >= 15 is 0 Å². The van der Waals surface area contributed by atoms with Crippen molar-refractivity contribution >= 4 is 59.2 Å². The molecule has 14 nitrogen and oxygen atoms in total. The van der Waals surface area contributed by atoms with Crippen molar-refractivity contribution in [2.45, 2.75) is 74.9 Å². The molecule has 400 valence electrons. The van der Waals surface area contributed by atoms with E-state index in [9.17, 15) is 33.9 Å². The number of thioether (sulfide) groups is 2. The molecule has 0 saturated carbocycles. The van der Waals surface area contributed by atoms with Crippen LogP contribution in [0.25, 0.3) is 0 Å². The third-order valence-corrected chi connectivity index (χ3v) is 15.4. The molecule has 2 amide bonds.